The standard InChI is InChI=1S/C20H27BN4O3/c1-12(2)17(24-20(27)28-3)19(26)25-10-4-5-16(25)18-22-11-15(23-18)13-6-8-14(21)9-7-13/h6-9,12,15-17H,4-5,10-11H2,1-3H3,(H,22,23)(H,24,27)/t15?,16-,17-/m0/s1. The van der Waals surface area contributed by atoms with Crippen LogP contribution in [-0.2, 0) is 9.53 Å². The molecule has 1 aromatic carbocycles. The van der Waals surface area contributed by atoms with Crippen LogP contribution in [0.15, 0.2) is 29.3 Å². The summed E-state index contributed by atoms with van der Waals surface area (Å²) in [5.41, 5.74) is 1.85. The van der Waals surface area contributed by atoms with Crippen LogP contribution in [0.3, 0.4) is 0 Å². The van der Waals surface area contributed by atoms with Gasteiger partial charge in [0.25, 0.3) is 0 Å². The van der Waals surface area contributed by atoms with Crippen LogP contribution in [0, 0.1) is 5.92 Å². The van der Waals surface area contributed by atoms with Crippen LogP contribution in [0.2, 0.25) is 0 Å². The highest BCUT2D eigenvalue weighted by molar-refractivity contribution is 6.32. The van der Waals surface area contributed by atoms with Crippen molar-refractivity contribution in [1.82, 2.24) is 15.5 Å². The number of nitrogens with zero attached hydrogens (tertiary/aromatic N) is 2. The fourth-order valence-electron chi connectivity index (χ4n) is 3.77. The summed E-state index contributed by atoms with van der Waals surface area (Å²) in [6.45, 7) is 5.10. The third kappa shape index (κ3) is 4.31. The molecule has 0 aromatic heterocycles. The van der Waals surface area contributed by atoms with Crippen LogP contribution in [0.4, 0.5) is 4.79 Å². The Kier molecular flexibility index (Phi) is 6.26. The van der Waals surface area contributed by atoms with Crippen molar-refractivity contribution >= 4 is 31.1 Å². The number of methoxy groups -OCH3 is 1. The summed E-state index contributed by atoms with van der Waals surface area (Å²) in [6, 6.07) is 7.13. The Hall–Kier alpha value is -2.51. The molecule has 7 nitrogen and oxygen atoms in total. The molecule has 2 N–H and O–H groups in total. The van der Waals surface area contributed by atoms with Gasteiger partial charge in [0.1, 0.15) is 19.7 Å². The lowest BCUT2D eigenvalue weighted by atomic mass is 9.94. The largest absolute Gasteiger partial charge is 0.453 e. The third-order valence-electron chi connectivity index (χ3n) is 5.35. The molecule has 3 atom stereocenters. The summed E-state index contributed by atoms with van der Waals surface area (Å²) >= 11 is 0. The van der Waals surface area contributed by atoms with Crippen molar-refractivity contribution in [3.05, 3.63) is 29.8 Å². The van der Waals surface area contributed by atoms with E-state index in [2.05, 4.69) is 20.4 Å². The Morgan fingerprint density at radius 3 is 2.68 bits per heavy atom. The van der Waals surface area contributed by atoms with Gasteiger partial charge in [-0.25, -0.2) is 4.79 Å². The van der Waals surface area contributed by atoms with Crippen molar-refractivity contribution in [2.75, 3.05) is 20.2 Å². The van der Waals surface area contributed by atoms with Crippen molar-refractivity contribution in [3.63, 3.8) is 0 Å². The zero-order chi connectivity index (χ0) is 20.3. The minimum atomic E-state index is -0.622. The SMILES string of the molecule is [B]c1ccc(C2CN=C([C@@H]3CCCN3C(=O)[C@@H](NC(=O)OC)C(C)C)N2)cc1. The Morgan fingerprint density at radius 1 is 1.32 bits per heavy atom. The van der Waals surface area contributed by atoms with Gasteiger partial charge in [-0.2, -0.15) is 0 Å². The number of amidine groups is 1. The molecule has 2 aliphatic rings. The maximum Gasteiger partial charge on any atom is 0.407 e. The van der Waals surface area contributed by atoms with Gasteiger partial charge in [-0.05, 0) is 24.3 Å². The molecule has 2 amide bonds. The zero-order valence-corrected chi connectivity index (χ0v) is 16.6. The molecule has 28 heavy (non-hydrogen) atoms. The molecule has 148 valence electrons. The highest BCUT2D eigenvalue weighted by Gasteiger charge is 2.39. The molecule has 1 saturated heterocycles. The van der Waals surface area contributed by atoms with Crippen LogP contribution in [-0.4, -0.2) is 62.9 Å². The second-order valence-corrected chi connectivity index (χ2v) is 7.64. The Labute approximate surface area is 167 Å². The molecule has 2 radical (unpaired) electrons. The first-order valence-electron chi connectivity index (χ1n) is 9.72. The number of alkyl carbamates (subject to hydrolysis) is 1. The predicted octanol–water partition coefficient (Wildman–Crippen LogP) is 0.895. The quantitative estimate of drug-likeness (QED) is 0.742. The van der Waals surface area contributed by atoms with Crippen LogP contribution in [0.25, 0.3) is 0 Å². The van der Waals surface area contributed by atoms with Crippen LogP contribution < -0.4 is 16.1 Å². The van der Waals surface area contributed by atoms with Gasteiger partial charge in [0, 0.05) is 6.54 Å². The van der Waals surface area contributed by atoms with Gasteiger partial charge in [0.05, 0.1) is 25.7 Å². The lowest BCUT2D eigenvalue weighted by Gasteiger charge is -2.31. The molecular formula is C20H27BN4O3. The Balaban J connectivity index is 1.69. The van der Waals surface area contributed by atoms with Crippen molar-refractivity contribution < 1.29 is 14.3 Å². The Bertz CT molecular complexity index is 750. The van der Waals surface area contributed by atoms with E-state index in [-0.39, 0.29) is 23.9 Å². The number of amides is 2. The molecule has 2 aliphatic heterocycles. The predicted molar refractivity (Wildman–Crippen MR) is 109 cm³/mol. The summed E-state index contributed by atoms with van der Waals surface area (Å²) in [5.74, 6) is 0.699. The number of hydrogen-bond acceptors (Lipinski definition) is 5. The van der Waals surface area contributed by atoms with E-state index in [0.717, 1.165) is 29.7 Å². The summed E-state index contributed by atoms with van der Waals surface area (Å²) in [4.78, 5) is 31.3. The number of carbonyl (C=O) groups is 2. The maximum atomic E-state index is 13.2. The van der Waals surface area contributed by atoms with E-state index < -0.39 is 12.1 Å². The van der Waals surface area contributed by atoms with E-state index in [1.54, 1.807) is 0 Å². The first-order chi connectivity index (χ1) is 13.4. The summed E-state index contributed by atoms with van der Waals surface area (Å²) in [5, 5.41) is 6.15. The number of carbonyl (C=O) groups excluding carboxylic acids is 2. The van der Waals surface area contributed by atoms with Crippen molar-refractivity contribution in [3.8, 4) is 0 Å². The summed E-state index contributed by atoms with van der Waals surface area (Å²) < 4.78 is 4.68. The second kappa shape index (κ2) is 8.67. The minimum Gasteiger partial charge on any atom is -0.453 e. The lowest BCUT2D eigenvalue weighted by molar-refractivity contribution is -0.134. The average molecular weight is 382 g/mol. The van der Waals surface area contributed by atoms with Gasteiger partial charge < -0.3 is 20.3 Å². The molecule has 1 unspecified atom stereocenters. The lowest BCUT2D eigenvalue weighted by Crippen LogP contribution is -2.54. The second-order valence-electron chi connectivity index (χ2n) is 7.64. The topological polar surface area (TPSA) is 83.0 Å². The summed E-state index contributed by atoms with van der Waals surface area (Å²) in [7, 11) is 7.06. The van der Waals surface area contributed by atoms with E-state index in [1.165, 1.54) is 7.11 Å². The smallest absolute Gasteiger partial charge is 0.407 e. The first-order valence-corrected chi connectivity index (χ1v) is 9.72. The molecular weight excluding hydrogens is 355 g/mol. The highest BCUT2D eigenvalue weighted by atomic mass is 16.5. The van der Waals surface area contributed by atoms with Crippen LogP contribution in [0.5, 0.6) is 0 Å². The Morgan fingerprint density at radius 2 is 2.04 bits per heavy atom. The normalized spacial score (nSPS) is 22.6. The number of rotatable bonds is 5. The van der Waals surface area contributed by atoms with E-state index in [9.17, 15) is 9.59 Å². The van der Waals surface area contributed by atoms with E-state index >= 15 is 0 Å². The molecule has 1 aromatic rings. The minimum absolute atomic E-state index is 0.0474. The summed E-state index contributed by atoms with van der Waals surface area (Å²) in [6.07, 6.45) is 1.17. The molecule has 0 aliphatic carbocycles. The van der Waals surface area contributed by atoms with Crippen LogP contribution in [0.1, 0.15) is 38.3 Å². The molecule has 2 heterocycles. The molecule has 1 fully saturated rings. The fourth-order valence-corrected chi connectivity index (χ4v) is 3.77. The van der Waals surface area contributed by atoms with Crippen molar-refractivity contribution in [2.45, 2.75) is 44.8 Å². The molecule has 0 spiro atoms. The van der Waals surface area contributed by atoms with Gasteiger partial charge in [0.2, 0.25) is 5.91 Å². The van der Waals surface area contributed by atoms with Crippen molar-refractivity contribution in [1.29, 1.82) is 0 Å². The van der Waals surface area contributed by atoms with E-state index in [1.807, 2.05) is 43.0 Å². The zero-order valence-electron chi connectivity index (χ0n) is 16.6. The van der Waals surface area contributed by atoms with Gasteiger partial charge >= 0.3 is 6.09 Å². The average Bonchev–Trinajstić information content (AvgIpc) is 3.34. The molecule has 0 saturated carbocycles. The van der Waals surface area contributed by atoms with Gasteiger partial charge in [-0.3, -0.25) is 9.79 Å². The number of hydrogen-bond donors (Lipinski definition) is 2. The van der Waals surface area contributed by atoms with E-state index in [0.29, 0.717) is 13.1 Å². The fraction of sp³-hybridized carbons (Fsp3) is 0.550. The maximum absolute atomic E-state index is 13.2. The first kappa shape index (κ1) is 20.2. The third-order valence-corrected chi connectivity index (χ3v) is 5.35. The van der Waals surface area contributed by atoms with Gasteiger partial charge in [-0.15, -0.1) is 0 Å². The molecule has 3 rings (SSSR count). The van der Waals surface area contributed by atoms with Gasteiger partial charge in [0.15, 0.2) is 0 Å². The number of ether oxygens (including phenoxy) is 1. The number of aliphatic imine (C=N–C) groups is 1. The highest BCUT2D eigenvalue weighted by Crippen LogP contribution is 2.25. The number of likely N-dealkylation sites (tertiary alicyclic amines) is 1. The van der Waals surface area contributed by atoms with Crippen molar-refractivity contribution in [2.24, 2.45) is 10.9 Å². The number of benzene rings is 1. The van der Waals surface area contributed by atoms with Crippen LogP contribution >= 0.6 is 0 Å². The number of nitrogens with one attached hydrogen (secondary N) is 2. The van der Waals surface area contributed by atoms with Gasteiger partial charge in [-0.1, -0.05) is 43.6 Å². The monoisotopic (exact) mass is 382 g/mol. The van der Waals surface area contributed by atoms with E-state index in [4.69, 9.17) is 7.85 Å². The molecule has 0 bridgehead atoms. The molecule has 8 heteroatoms.